The predicted molar refractivity (Wildman–Crippen MR) is 109 cm³/mol. The molecule has 6 heteroatoms. The maximum Gasteiger partial charge on any atom is 0.236 e. The number of hydrogen-bond donors (Lipinski definition) is 0. The number of aromatic nitrogens is 1. The van der Waals surface area contributed by atoms with Gasteiger partial charge in [0.25, 0.3) is 0 Å². The molecule has 0 saturated carbocycles. The first-order valence-corrected chi connectivity index (χ1v) is 10.5. The van der Waals surface area contributed by atoms with Crippen LogP contribution in [-0.4, -0.2) is 71.6 Å². The summed E-state index contributed by atoms with van der Waals surface area (Å²) < 4.78 is 5.54. The number of nitrogens with zero attached hydrogens (tertiary/aromatic N) is 4. The third-order valence-electron chi connectivity index (χ3n) is 5.79. The van der Waals surface area contributed by atoms with E-state index < -0.39 is 0 Å². The molecule has 0 atom stereocenters. The van der Waals surface area contributed by atoms with Crippen molar-refractivity contribution in [3.8, 4) is 11.3 Å². The first-order chi connectivity index (χ1) is 13.8. The molecule has 0 bridgehead atoms. The molecule has 2 saturated heterocycles. The minimum Gasteiger partial charge on any atom is -0.359 e. The van der Waals surface area contributed by atoms with Crippen LogP contribution in [0.1, 0.15) is 31.4 Å². The predicted octanol–water partition coefficient (Wildman–Crippen LogP) is 2.86. The van der Waals surface area contributed by atoms with Crippen molar-refractivity contribution in [1.82, 2.24) is 19.9 Å². The van der Waals surface area contributed by atoms with E-state index in [0.29, 0.717) is 12.5 Å². The number of likely N-dealkylation sites (tertiary alicyclic amines) is 1. The topological polar surface area (TPSA) is 52.8 Å². The highest BCUT2D eigenvalue weighted by Crippen LogP contribution is 2.20. The second-order valence-electron chi connectivity index (χ2n) is 7.89. The molecule has 0 radical (unpaired) electrons. The Morgan fingerprint density at radius 2 is 1.57 bits per heavy atom. The van der Waals surface area contributed by atoms with Crippen LogP contribution in [0.5, 0.6) is 0 Å². The van der Waals surface area contributed by atoms with Gasteiger partial charge >= 0.3 is 0 Å². The van der Waals surface area contributed by atoms with Gasteiger partial charge in [0.15, 0.2) is 5.76 Å². The van der Waals surface area contributed by atoms with Gasteiger partial charge in [-0.05, 0) is 12.8 Å². The molecule has 0 aliphatic carbocycles. The summed E-state index contributed by atoms with van der Waals surface area (Å²) in [6.45, 7) is 6.98. The zero-order valence-corrected chi connectivity index (χ0v) is 16.6. The van der Waals surface area contributed by atoms with Crippen LogP contribution in [0, 0.1) is 0 Å². The molecule has 1 aromatic heterocycles. The summed E-state index contributed by atoms with van der Waals surface area (Å²) in [5.41, 5.74) is 1.96. The number of piperazine rings is 1. The largest absolute Gasteiger partial charge is 0.359 e. The highest BCUT2D eigenvalue weighted by molar-refractivity contribution is 5.78. The number of benzene rings is 1. The Morgan fingerprint density at radius 1 is 0.893 bits per heavy atom. The number of amides is 1. The van der Waals surface area contributed by atoms with Crippen LogP contribution in [0.15, 0.2) is 40.9 Å². The van der Waals surface area contributed by atoms with E-state index in [-0.39, 0.29) is 0 Å². The highest BCUT2D eigenvalue weighted by Gasteiger charge is 2.23. The molecular weight excluding hydrogens is 352 g/mol. The lowest BCUT2D eigenvalue weighted by molar-refractivity contribution is -0.132. The van der Waals surface area contributed by atoms with Gasteiger partial charge in [-0.3, -0.25) is 14.6 Å². The van der Waals surface area contributed by atoms with Crippen molar-refractivity contribution in [3.05, 3.63) is 42.2 Å². The number of carbonyl (C=O) groups is 1. The molecule has 3 heterocycles. The summed E-state index contributed by atoms with van der Waals surface area (Å²) in [4.78, 5) is 19.3. The van der Waals surface area contributed by atoms with Crippen LogP contribution >= 0.6 is 0 Å². The van der Waals surface area contributed by atoms with Crippen LogP contribution in [0.4, 0.5) is 0 Å². The molecule has 0 N–H and O–H groups in total. The van der Waals surface area contributed by atoms with E-state index in [4.69, 9.17) is 4.52 Å². The lowest BCUT2D eigenvalue weighted by Gasteiger charge is -2.34. The second-order valence-corrected chi connectivity index (χ2v) is 7.89. The lowest BCUT2D eigenvalue weighted by atomic mass is 10.1. The molecular formula is C22H30N4O2. The van der Waals surface area contributed by atoms with E-state index in [0.717, 1.165) is 75.7 Å². The Kier molecular flexibility index (Phi) is 6.39. The van der Waals surface area contributed by atoms with Gasteiger partial charge in [-0.1, -0.05) is 48.3 Å². The molecule has 2 aromatic rings. The summed E-state index contributed by atoms with van der Waals surface area (Å²) in [5.74, 6) is 1.20. The maximum absolute atomic E-state index is 12.6. The fraction of sp³-hybridized carbons (Fsp3) is 0.545. The second kappa shape index (κ2) is 9.34. The van der Waals surface area contributed by atoms with Gasteiger partial charge in [0.2, 0.25) is 5.91 Å². The normalized spacial score (nSPS) is 19.5. The van der Waals surface area contributed by atoms with Crippen molar-refractivity contribution < 1.29 is 9.32 Å². The zero-order chi connectivity index (χ0) is 19.2. The smallest absolute Gasteiger partial charge is 0.236 e. The molecule has 150 valence electrons. The molecule has 2 fully saturated rings. The molecule has 0 spiro atoms. The zero-order valence-electron chi connectivity index (χ0n) is 16.6. The van der Waals surface area contributed by atoms with E-state index in [1.165, 1.54) is 12.8 Å². The fourth-order valence-corrected chi connectivity index (χ4v) is 4.07. The van der Waals surface area contributed by atoms with E-state index in [1.807, 2.05) is 36.4 Å². The Hall–Kier alpha value is -2.18. The average molecular weight is 383 g/mol. The van der Waals surface area contributed by atoms with Gasteiger partial charge in [-0.2, -0.15) is 0 Å². The molecule has 4 rings (SSSR count). The van der Waals surface area contributed by atoms with Gasteiger partial charge in [0.05, 0.1) is 13.1 Å². The van der Waals surface area contributed by atoms with E-state index in [1.54, 1.807) is 0 Å². The SMILES string of the molecule is O=C(CN1CCN(Cc2cc(-c3ccccc3)no2)CC1)N1CCCCCC1. The third-order valence-corrected chi connectivity index (χ3v) is 5.79. The van der Waals surface area contributed by atoms with Gasteiger partial charge in [0.1, 0.15) is 5.69 Å². The molecule has 2 aliphatic rings. The minimum absolute atomic E-state index is 0.304. The van der Waals surface area contributed by atoms with Crippen LogP contribution in [0.25, 0.3) is 11.3 Å². The molecule has 1 aromatic carbocycles. The van der Waals surface area contributed by atoms with Crippen molar-refractivity contribution in [2.45, 2.75) is 32.2 Å². The molecule has 28 heavy (non-hydrogen) atoms. The van der Waals surface area contributed by atoms with Crippen molar-refractivity contribution in [2.75, 3.05) is 45.8 Å². The van der Waals surface area contributed by atoms with Crippen LogP contribution in [-0.2, 0) is 11.3 Å². The lowest BCUT2D eigenvalue weighted by Crippen LogP contribution is -2.49. The average Bonchev–Trinajstić information content (AvgIpc) is 3.02. The summed E-state index contributed by atoms with van der Waals surface area (Å²) in [6, 6.07) is 12.1. The Balaban J connectivity index is 1.23. The van der Waals surface area contributed by atoms with Crippen LogP contribution in [0.2, 0.25) is 0 Å². The molecule has 6 nitrogen and oxygen atoms in total. The number of hydrogen-bond acceptors (Lipinski definition) is 5. The van der Waals surface area contributed by atoms with E-state index >= 15 is 0 Å². The number of carbonyl (C=O) groups excluding carboxylic acids is 1. The van der Waals surface area contributed by atoms with Crippen LogP contribution < -0.4 is 0 Å². The summed E-state index contributed by atoms with van der Waals surface area (Å²) in [5, 5.41) is 4.20. The Bertz CT molecular complexity index is 745. The summed E-state index contributed by atoms with van der Waals surface area (Å²) in [7, 11) is 0. The van der Waals surface area contributed by atoms with Crippen molar-refractivity contribution in [2.24, 2.45) is 0 Å². The first-order valence-electron chi connectivity index (χ1n) is 10.5. The fourth-order valence-electron chi connectivity index (χ4n) is 4.07. The first kappa shape index (κ1) is 19.2. The van der Waals surface area contributed by atoms with Gasteiger partial charge < -0.3 is 9.42 Å². The maximum atomic E-state index is 12.6. The Morgan fingerprint density at radius 3 is 2.29 bits per heavy atom. The third kappa shape index (κ3) is 5.00. The van der Waals surface area contributed by atoms with E-state index in [9.17, 15) is 4.79 Å². The monoisotopic (exact) mass is 382 g/mol. The van der Waals surface area contributed by atoms with Crippen molar-refractivity contribution in [3.63, 3.8) is 0 Å². The Labute approximate surface area is 167 Å². The standard InChI is InChI=1S/C22H30N4O2/c27-22(26-10-6-1-2-7-11-26)18-25-14-12-24(13-15-25)17-20-16-21(23-28-20)19-8-4-3-5-9-19/h3-5,8-9,16H,1-2,6-7,10-15,17-18H2. The van der Waals surface area contributed by atoms with Crippen molar-refractivity contribution >= 4 is 5.91 Å². The van der Waals surface area contributed by atoms with Crippen LogP contribution in [0.3, 0.4) is 0 Å². The van der Waals surface area contributed by atoms with E-state index in [2.05, 4.69) is 19.9 Å². The quantitative estimate of drug-likeness (QED) is 0.796. The summed E-state index contributed by atoms with van der Waals surface area (Å²) in [6.07, 6.45) is 4.83. The van der Waals surface area contributed by atoms with Gasteiger partial charge in [-0.25, -0.2) is 0 Å². The van der Waals surface area contributed by atoms with Gasteiger partial charge in [0, 0.05) is 50.9 Å². The highest BCUT2D eigenvalue weighted by atomic mass is 16.5. The summed E-state index contributed by atoms with van der Waals surface area (Å²) >= 11 is 0. The molecule has 2 aliphatic heterocycles. The minimum atomic E-state index is 0.304. The van der Waals surface area contributed by atoms with Gasteiger partial charge in [-0.15, -0.1) is 0 Å². The molecule has 0 unspecified atom stereocenters. The molecule has 1 amide bonds. The van der Waals surface area contributed by atoms with Crippen molar-refractivity contribution in [1.29, 1.82) is 0 Å². The number of rotatable bonds is 5.